The number of unbranched alkanes of at least 4 members (excludes halogenated alkanes) is 2. The first kappa shape index (κ1) is 14.0. The Kier molecular flexibility index (Phi) is 7.78. The average Bonchev–Trinajstić information content (AvgIpc) is 2.22. The van der Waals surface area contributed by atoms with Crippen LogP contribution in [0.4, 0.5) is 0 Å². The van der Waals surface area contributed by atoms with E-state index in [2.05, 4.69) is 17.3 Å². The van der Waals surface area contributed by atoms with Crippen molar-refractivity contribution in [1.29, 1.82) is 5.26 Å². The third-order valence-electron chi connectivity index (χ3n) is 2.38. The van der Waals surface area contributed by atoms with Gasteiger partial charge in [0.15, 0.2) is 0 Å². The Hall–Kier alpha value is -0.990. The van der Waals surface area contributed by atoms with Gasteiger partial charge in [-0.05, 0) is 46.2 Å². The standard InChI is InChI=1S/C13H22N2/c1-4-5-7-10-15-11-8-6-9-13(2,3)12-14/h1,15H,5-11H2,2-3H3. The maximum atomic E-state index is 8.81. The zero-order chi connectivity index (χ0) is 11.6. The highest BCUT2D eigenvalue weighted by atomic mass is 14.8. The molecule has 0 amide bonds. The van der Waals surface area contributed by atoms with E-state index < -0.39 is 0 Å². The molecular weight excluding hydrogens is 184 g/mol. The molecule has 1 N–H and O–H groups in total. The quantitative estimate of drug-likeness (QED) is 0.489. The Morgan fingerprint density at radius 3 is 2.47 bits per heavy atom. The summed E-state index contributed by atoms with van der Waals surface area (Å²) in [6.45, 7) is 6.03. The zero-order valence-corrected chi connectivity index (χ0v) is 9.97. The first-order valence-electron chi connectivity index (χ1n) is 5.68. The lowest BCUT2D eigenvalue weighted by molar-refractivity contribution is 0.422. The molecule has 0 rings (SSSR count). The van der Waals surface area contributed by atoms with E-state index in [-0.39, 0.29) is 5.41 Å². The number of rotatable bonds is 8. The molecule has 0 unspecified atom stereocenters. The SMILES string of the molecule is C#CCCCNCCCCC(C)(C)C#N. The smallest absolute Gasteiger partial charge is 0.0683 e. The molecule has 2 heteroatoms. The van der Waals surface area contributed by atoms with E-state index in [0.29, 0.717) is 0 Å². The minimum Gasteiger partial charge on any atom is -0.317 e. The Labute approximate surface area is 94.1 Å². The van der Waals surface area contributed by atoms with Gasteiger partial charge in [-0.1, -0.05) is 6.42 Å². The number of hydrogen-bond donors (Lipinski definition) is 1. The van der Waals surface area contributed by atoms with Crippen molar-refractivity contribution in [2.75, 3.05) is 13.1 Å². The minimum atomic E-state index is -0.163. The first-order chi connectivity index (χ1) is 7.12. The third kappa shape index (κ3) is 9.32. The van der Waals surface area contributed by atoms with Crippen molar-refractivity contribution >= 4 is 0 Å². The monoisotopic (exact) mass is 206 g/mol. The van der Waals surface area contributed by atoms with Gasteiger partial charge in [-0.25, -0.2) is 0 Å². The van der Waals surface area contributed by atoms with Crippen molar-refractivity contribution in [1.82, 2.24) is 5.32 Å². The summed E-state index contributed by atoms with van der Waals surface area (Å²) in [6.07, 6.45) is 10.3. The number of nitriles is 1. The number of terminal acetylenes is 1. The van der Waals surface area contributed by atoms with E-state index in [1.807, 2.05) is 13.8 Å². The Morgan fingerprint density at radius 2 is 1.87 bits per heavy atom. The minimum absolute atomic E-state index is 0.163. The molecule has 0 bridgehead atoms. The molecule has 0 spiro atoms. The molecule has 2 nitrogen and oxygen atoms in total. The average molecular weight is 206 g/mol. The number of hydrogen-bond acceptors (Lipinski definition) is 2. The van der Waals surface area contributed by atoms with Crippen LogP contribution in [0.15, 0.2) is 0 Å². The molecule has 15 heavy (non-hydrogen) atoms. The number of nitrogens with zero attached hydrogens (tertiary/aromatic N) is 1. The topological polar surface area (TPSA) is 35.8 Å². The molecule has 0 aliphatic carbocycles. The Bertz CT molecular complexity index is 230. The molecule has 0 heterocycles. The molecule has 84 valence electrons. The van der Waals surface area contributed by atoms with Gasteiger partial charge in [0, 0.05) is 6.42 Å². The highest BCUT2D eigenvalue weighted by Gasteiger charge is 2.14. The van der Waals surface area contributed by atoms with E-state index in [9.17, 15) is 0 Å². The Morgan fingerprint density at radius 1 is 1.20 bits per heavy atom. The van der Waals surface area contributed by atoms with Crippen molar-refractivity contribution < 1.29 is 0 Å². The van der Waals surface area contributed by atoms with Gasteiger partial charge < -0.3 is 5.32 Å². The van der Waals surface area contributed by atoms with Crippen LogP contribution >= 0.6 is 0 Å². The first-order valence-corrected chi connectivity index (χ1v) is 5.68. The molecule has 0 fully saturated rings. The predicted octanol–water partition coefficient (Wildman–Crippen LogP) is 2.71. The van der Waals surface area contributed by atoms with Crippen LogP contribution in [0.2, 0.25) is 0 Å². The van der Waals surface area contributed by atoms with Crippen LogP contribution in [-0.4, -0.2) is 13.1 Å². The normalized spacial score (nSPS) is 10.7. The maximum absolute atomic E-state index is 8.81. The summed E-state index contributed by atoms with van der Waals surface area (Å²) in [6, 6.07) is 2.32. The van der Waals surface area contributed by atoms with Crippen LogP contribution in [0.25, 0.3) is 0 Å². The van der Waals surface area contributed by atoms with Gasteiger partial charge in [-0.2, -0.15) is 5.26 Å². The molecule has 0 aromatic heterocycles. The van der Waals surface area contributed by atoms with Crippen molar-refractivity contribution in [3.63, 3.8) is 0 Å². The van der Waals surface area contributed by atoms with Gasteiger partial charge in [0.1, 0.15) is 0 Å². The zero-order valence-electron chi connectivity index (χ0n) is 9.97. The van der Waals surface area contributed by atoms with E-state index >= 15 is 0 Å². The molecule has 0 aliphatic rings. The van der Waals surface area contributed by atoms with Crippen LogP contribution in [0.1, 0.15) is 46.0 Å². The van der Waals surface area contributed by atoms with E-state index in [4.69, 9.17) is 11.7 Å². The highest BCUT2D eigenvalue weighted by molar-refractivity contribution is 4.91. The fourth-order valence-corrected chi connectivity index (χ4v) is 1.31. The highest BCUT2D eigenvalue weighted by Crippen LogP contribution is 2.21. The summed E-state index contributed by atoms with van der Waals surface area (Å²) in [7, 11) is 0. The second-order valence-corrected chi connectivity index (χ2v) is 4.51. The summed E-state index contributed by atoms with van der Waals surface area (Å²) in [5, 5.41) is 12.2. The molecule has 0 radical (unpaired) electrons. The van der Waals surface area contributed by atoms with Gasteiger partial charge >= 0.3 is 0 Å². The van der Waals surface area contributed by atoms with Crippen LogP contribution in [0, 0.1) is 29.1 Å². The predicted molar refractivity (Wildman–Crippen MR) is 64.2 cm³/mol. The second-order valence-electron chi connectivity index (χ2n) is 4.51. The van der Waals surface area contributed by atoms with Crippen molar-refractivity contribution in [3.05, 3.63) is 0 Å². The van der Waals surface area contributed by atoms with Gasteiger partial charge in [-0.3, -0.25) is 0 Å². The molecule has 0 saturated heterocycles. The lowest BCUT2D eigenvalue weighted by Gasteiger charge is -2.14. The van der Waals surface area contributed by atoms with Crippen LogP contribution in [-0.2, 0) is 0 Å². The van der Waals surface area contributed by atoms with Gasteiger partial charge in [0.25, 0.3) is 0 Å². The molecule has 0 saturated carbocycles. The fourth-order valence-electron chi connectivity index (χ4n) is 1.31. The second kappa shape index (κ2) is 8.33. The molecule has 0 aromatic rings. The Balaban J connectivity index is 3.20. The molecule has 0 aromatic carbocycles. The summed E-state index contributed by atoms with van der Waals surface area (Å²) >= 11 is 0. The molecule has 0 aliphatic heterocycles. The largest absolute Gasteiger partial charge is 0.317 e. The lowest BCUT2D eigenvalue weighted by atomic mass is 9.89. The number of nitrogens with one attached hydrogen (secondary N) is 1. The van der Waals surface area contributed by atoms with Crippen LogP contribution in [0.3, 0.4) is 0 Å². The van der Waals surface area contributed by atoms with Crippen molar-refractivity contribution in [2.24, 2.45) is 5.41 Å². The molecular formula is C13H22N2. The van der Waals surface area contributed by atoms with Crippen LogP contribution < -0.4 is 5.32 Å². The summed E-state index contributed by atoms with van der Waals surface area (Å²) < 4.78 is 0. The van der Waals surface area contributed by atoms with E-state index in [0.717, 1.165) is 45.2 Å². The summed E-state index contributed by atoms with van der Waals surface area (Å²) in [5.41, 5.74) is -0.163. The summed E-state index contributed by atoms with van der Waals surface area (Å²) in [5.74, 6) is 2.62. The molecule has 0 atom stereocenters. The van der Waals surface area contributed by atoms with E-state index in [1.54, 1.807) is 0 Å². The van der Waals surface area contributed by atoms with Crippen molar-refractivity contribution in [2.45, 2.75) is 46.0 Å². The van der Waals surface area contributed by atoms with Gasteiger partial charge in [-0.15, -0.1) is 12.3 Å². The van der Waals surface area contributed by atoms with E-state index in [1.165, 1.54) is 0 Å². The van der Waals surface area contributed by atoms with Crippen molar-refractivity contribution in [3.8, 4) is 18.4 Å². The maximum Gasteiger partial charge on any atom is 0.0683 e. The lowest BCUT2D eigenvalue weighted by Crippen LogP contribution is -2.17. The fraction of sp³-hybridized carbons (Fsp3) is 0.769. The summed E-state index contributed by atoms with van der Waals surface area (Å²) in [4.78, 5) is 0. The third-order valence-corrected chi connectivity index (χ3v) is 2.38. The van der Waals surface area contributed by atoms with Crippen LogP contribution in [0.5, 0.6) is 0 Å². The van der Waals surface area contributed by atoms with Gasteiger partial charge in [0.2, 0.25) is 0 Å². The van der Waals surface area contributed by atoms with Gasteiger partial charge in [0.05, 0.1) is 11.5 Å².